The summed E-state index contributed by atoms with van der Waals surface area (Å²) in [6.45, 7) is 0. The van der Waals surface area contributed by atoms with Gasteiger partial charge in [-0.3, -0.25) is 4.79 Å². The second kappa shape index (κ2) is 5.71. The Morgan fingerprint density at radius 2 is 1.90 bits per heavy atom. The molecule has 3 rings (SSSR count). The molecule has 0 atom stereocenters. The number of ketones is 1. The molecule has 0 bridgehead atoms. The van der Waals surface area contributed by atoms with Crippen LogP contribution in [-0.2, 0) is 0 Å². The van der Waals surface area contributed by atoms with E-state index in [0.29, 0.717) is 16.5 Å². The quantitative estimate of drug-likeness (QED) is 0.659. The third-order valence-electron chi connectivity index (χ3n) is 3.88. The van der Waals surface area contributed by atoms with Gasteiger partial charge in [-0.15, -0.1) is 0 Å². The number of benzene rings is 2. The Kier molecular flexibility index (Phi) is 3.95. The van der Waals surface area contributed by atoms with Crippen LogP contribution in [0.5, 0.6) is 0 Å². The third-order valence-corrected chi connectivity index (χ3v) is 4.55. The van der Waals surface area contributed by atoms with E-state index in [-0.39, 0.29) is 5.78 Å². The smallest absolute Gasteiger partial charge is 0.193 e. The lowest BCUT2D eigenvalue weighted by Crippen LogP contribution is -2.14. The molecule has 1 aliphatic rings. The number of carbonyl (C=O) groups excluding carboxylic acids is 1. The molecule has 3 heteroatoms. The SMILES string of the molecule is O=C(c1cc(Cl)cc(Br)c1)c1ccccc1C1CCC1. The van der Waals surface area contributed by atoms with Gasteiger partial charge in [0.1, 0.15) is 0 Å². The predicted molar refractivity (Wildman–Crippen MR) is 85.6 cm³/mol. The number of carbonyl (C=O) groups is 1. The van der Waals surface area contributed by atoms with E-state index in [4.69, 9.17) is 11.6 Å². The van der Waals surface area contributed by atoms with E-state index in [2.05, 4.69) is 22.0 Å². The van der Waals surface area contributed by atoms with Crippen molar-refractivity contribution >= 4 is 33.3 Å². The molecule has 1 aliphatic carbocycles. The molecule has 0 aliphatic heterocycles. The molecule has 2 aromatic rings. The van der Waals surface area contributed by atoms with Crippen molar-refractivity contribution in [2.45, 2.75) is 25.2 Å². The zero-order valence-corrected chi connectivity index (χ0v) is 13.2. The second-order valence-electron chi connectivity index (χ2n) is 5.20. The van der Waals surface area contributed by atoms with Crippen LogP contribution >= 0.6 is 27.5 Å². The zero-order valence-electron chi connectivity index (χ0n) is 10.9. The standard InChI is InChI=1S/C17H14BrClO/c18-13-8-12(9-14(19)10-13)17(20)16-7-2-1-6-15(16)11-4-3-5-11/h1-2,6-11H,3-5H2. The van der Waals surface area contributed by atoms with E-state index >= 15 is 0 Å². The predicted octanol–water partition coefficient (Wildman–Crippen LogP) is 5.60. The van der Waals surface area contributed by atoms with Crippen molar-refractivity contribution in [3.8, 4) is 0 Å². The summed E-state index contributed by atoms with van der Waals surface area (Å²) in [7, 11) is 0. The highest BCUT2D eigenvalue weighted by Crippen LogP contribution is 2.38. The summed E-state index contributed by atoms with van der Waals surface area (Å²) in [6, 6.07) is 13.3. The Morgan fingerprint density at radius 1 is 1.15 bits per heavy atom. The molecule has 102 valence electrons. The van der Waals surface area contributed by atoms with Crippen LogP contribution in [0.25, 0.3) is 0 Å². The first-order valence-electron chi connectivity index (χ1n) is 6.75. The van der Waals surface area contributed by atoms with E-state index in [1.165, 1.54) is 24.8 Å². The summed E-state index contributed by atoms with van der Waals surface area (Å²) >= 11 is 9.43. The Labute approximate surface area is 132 Å². The average Bonchev–Trinajstić information content (AvgIpc) is 2.35. The third kappa shape index (κ3) is 2.68. The molecule has 0 aromatic heterocycles. The van der Waals surface area contributed by atoms with Gasteiger partial charge in [0.25, 0.3) is 0 Å². The number of halogens is 2. The van der Waals surface area contributed by atoms with Crippen LogP contribution in [0.2, 0.25) is 5.02 Å². The molecule has 1 nitrogen and oxygen atoms in total. The fraction of sp³-hybridized carbons (Fsp3) is 0.235. The summed E-state index contributed by atoms with van der Waals surface area (Å²) in [5.41, 5.74) is 2.63. The maximum atomic E-state index is 12.7. The van der Waals surface area contributed by atoms with Crippen molar-refractivity contribution in [2.24, 2.45) is 0 Å². The van der Waals surface area contributed by atoms with E-state index in [1.807, 2.05) is 24.3 Å². The normalized spacial score (nSPS) is 14.9. The fourth-order valence-electron chi connectivity index (χ4n) is 2.62. The monoisotopic (exact) mass is 348 g/mol. The maximum Gasteiger partial charge on any atom is 0.193 e. The minimum absolute atomic E-state index is 0.0516. The Hall–Kier alpha value is -1.12. The molecule has 0 radical (unpaired) electrons. The lowest BCUT2D eigenvalue weighted by atomic mass is 9.77. The van der Waals surface area contributed by atoms with Gasteiger partial charge in [-0.2, -0.15) is 0 Å². The summed E-state index contributed by atoms with van der Waals surface area (Å²) < 4.78 is 0.828. The molecular formula is C17H14BrClO. The Morgan fingerprint density at radius 3 is 2.55 bits per heavy atom. The van der Waals surface area contributed by atoms with E-state index in [1.54, 1.807) is 12.1 Å². The molecular weight excluding hydrogens is 336 g/mol. The van der Waals surface area contributed by atoms with E-state index < -0.39 is 0 Å². The first kappa shape index (κ1) is 13.8. The molecule has 0 unspecified atom stereocenters. The van der Waals surface area contributed by atoms with Crippen molar-refractivity contribution in [3.05, 3.63) is 68.7 Å². The van der Waals surface area contributed by atoms with Gasteiger partial charge >= 0.3 is 0 Å². The molecule has 2 aromatic carbocycles. The average molecular weight is 350 g/mol. The van der Waals surface area contributed by atoms with Crippen LogP contribution in [0.1, 0.15) is 46.7 Å². The van der Waals surface area contributed by atoms with E-state index in [9.17, 15) is 4.79 Å². The van der Waals surface area contributed by atoms with E-state index in [0.717, 1.165) is 10.0 Å². The second-order valence-corrected chi connectivity index (χ2v) is 6.55. The van der Waals surface area contributed by atoms with Crippen molar-refractivity contribution in [1.29, 1.82) is 0 Å². The van der Waals surface area contributed by atoms with Crippen molar-refractivity contribution in [1.82, 2.24) is 0 Å². The lowest BCUT2D eigenvalue weighted by molar-refractivity contribution is 0.103. The van der Waals surface area contributed by atoms with Gasteiger partial charge in [0, 0.05) is 20.6 Å². The lowest BCUT2D eigenvalue weighted by Gasteiger charge is -2.27. The minimum atomic E-state index is 0.0516. The molecule has 1 fully saturated rings. The number of rotatable bonds is 3. The highest BCUT2D eigenvalue weighted by Gasteiger charge is 2.24. The van der Waals surface area contributed by atoms with Crippen LogP contribution in [0.4, 0.5) is 0 Å². The van der Waals surface area contributed by atoms with Gasteiger partial charge in [0.05, 0.1) is 0 Å². The van der Waals surface area contributed by atoms with Crippen LogP contribution in [-0.4, -0.2) is 5.78 Å². The fourth-order valence-corrected chi connectivity index (χ4v) is 3.48. The van der Waals surface area contributed by atoms with Gasteiger partial charge in [-0.1, -0.05) is 58.2 Å². The molecule has 0 heterocycles. The van der Waals surface area contributed by atoms with Crippen LogP contribution < -0.4 is 0 Å². The van der Waals surface area contributed by atoms with Crippen LogP contribution in [0.15, 0.2) is 46.9 Å². The molecule has 0 amide bonds. The van der Waals surface area contributed by atoms with Gasteiger partial charge in [-0.05, 0) is 42.5 Å². The molecule has 0 spiro atoms. The van der Waals surface area contributed by atoms with Gasteiger partial charge in [-0.25, -0.2) is 0 Å². The molecule has 1 saturated carbocycles. The Bertz CT molecular complexity index is 642. The first-order chi connectivity index (χ1) is 9.65. The summed E-state index contributed by atoms with van der Waals surface area (Å²) in [4.78, 5) is 12.7. The van der Waals surface area contributed by atoms with Crippen molar-refractivity contribution in [2.75, 3.05) is 0 Å². The minimum Gasteiger partial charge on any atom is -0.289 e. The summed E-state index contributed by atoms with van der Waals surface area (Å²) in [6.07, 6.45) is 3.63. The van der Waals surface area contributed by atoms with Crippen LogP contribution in [0, 0.1) is 0 Å². The molecule has 0 N–H and O–H groups in total. The topological polar surface area (TPSA) is 17.1 Å². The maximum absolute atomic E-state index is 12.7. The summed E-state index contributed by atoms with van der Waals surface area (Å²) in [5.74, 6) is 0.591. The molecule has 20 heavy (non-hydrogen) atoms. The van der Waals surface area contributed by atoms with Gasteiger partial charge in [0.15, 0.2) is 5.78 Å². The summed E-state index contributed by atoms with van der Waals surface area (Å²) in [5, 5.41) is 0.573. The Balaban J connectivity index is 2.01. The van der Waals surface area contributed by atoms with Crippen molar-refractivity contribution < 1.29 is 4.79 Å². The number of hydrogen-bond donors (Lipinski definition) is 0. The zero-order chi connectivity index (χ0) is 14.1. The van der Waals surface area contributed by atoms with Gasteiger partial charge < -0.3 is 0 Å². The van der Waals surface area contributed by atoms with Gasteiger partial charge in [0.2, 0.25) is 0 Å². The molecule has 0 saturated heterocycles. The van der Waals surface area contributed by atoms with Crippen molar-refractivity contribution in [3.63, 3.8) is 0 Å². The highest BCUT2D eigenvalue weighted by molar-refractivity contribution is 9.10. The van der Waals surface area contributed by atoms with Crippen LogP contribution in [0.3, 0.4) is 0 Å². The largest absolute Gasteiger partial charge is 0.289 e. The first-order valence-corrected chi connectivity index (χ1v) is 7.92. The number of hydrogen-bond acceptors (Lipinski definition) is 1. The highest BCUT2D eigenvalue weighted by atomic mass is 79.9.